The molecule has 0 saturated carbocycles. The van der Waals surface area contributed by atoms with E-state index in [0.717, 1.165) is 16.7 Å². The van der Waals surface area contributed by atoms with Gasteiger partial charge in [0.25, 0.3) is 0 Å². The molecule has 0 aliphatic rings. The van der Waals surface area contributed by atoms with E-state index in [1.54, 1.807) is 0 Å². The Hall–Kier alpha value is -3.18. The summed E-state index contributed by atoms with van der Waals surface area (Å²) >= 11 is 0. The van der Waals surface area contributed by atoms with Gasteiger partial charge in [-0.3, -0.25) is 4.98 Å². The molecule has 0 unspecified atom stereocenters. The van der Waals surface area contributed by atoms with Crippen LogP contribution < -0.4 is 11.5 Å². The van der Waals surface area contributed by atoms with Crippen LogP contribution in [-0.4, -0.2) is 16.7 Å². The van der Waals surface area contributed by atoms with E-state index in [9.17, 15) is 0 Å². The zero-order valence-corrected chi connectivity index (χ0v) is 14.2. The Bertz CT molecular complexity index is 855. The summed E-state index contributed by atoms with van der Waals surface area (Å²) in [5, 5.41) is 7.94. The Balaban J connectivity index is 0.00000225. The summed E-state index contributed by atoms with van der Waals surface area (Å²) in [6.07, 6.45) is 1.82. The molecule has 1 aromatic heterocycles. The lowest BCUT2D eigenvalue weighted by atomic mass is 10.0. The number of nitrogens with zero attached hydrogens (tertiary/aromatic N) is 3. The number of hydrogen-bond acceptors (Lipinski definition) is 3. The molecule has 1 heterocycles. The molecular formula is C19H18ClN5. The number of hydrogen-bond donors (Lipinski definition) is 2. The Morgan fingerprint density at radius 1 is 0.720 bits per heavy atom. The molecule has 0 spiro atoms. The maximum absolute atomic E-state index is 5.40. The van der Waals surface area contributed by atoms with Gasteiger partial charge >= 0.3 is 0 Å². The molecule has 2 aromatic carbocycles. The Kier molecular flexibility index (Phi) is 6.26. The second-order valence-corrected chi connectivity index (χ2v) is 5.14. The number of benzene rings is 2. The molecule has 3 aromatic rings. The summed E-state index contributed by atoms with van der Waals surface area (Å²) < 4.78 is 0. The van der Waals surface area contributed by atoms with Crippen molar-refractivity contribution < 1.29 is 0 Å². The van der Waals surface area contributed by atoms with Crippen molar-refractivity contribution >= 4 is 24.1 Å². The van der Waals surface area contributed by atoms with Crippen LogP contribution in [0, 0.1) is 0 Å². The van der Waals surface area contributed by atoms with Gasteiger partial charge in [-0.05, 0) is 11.6 Å². The van der Waals surface area contributed by atoms with Crippen molar-refractivity contribution in [3.05, 3.63) is 90.3 Å². The van der Waals surface area contributed by atoms with Crippen molar-refractivity contribution in [2.45, 2.75) is 0 Å². The van der Waals surface area contributed by atoms with Crippen molar-refractivity contribution in [2.24, 2.45) is 21.7 Å². The molecule has 0 atom stereocenters. The van der Waals surface area contributed by atoms with Crippen LogP contribution in [-0.2, 0) is 0 Å². The van der Waals surface area contributed by atoms with Crippen LogP contribution in [0.1, 0.15) is 11.3 Å². The van der Waals surface area contributed by atoms with Gasteiger partial charge in [0.1, 0.15) is 5.71 Å². The third-order valence-electron chi connectivity index (χ3n) is 3.43. The second-order valence-electron chi connectivity index (χ2n) is 5.14. The Morgan fingerprint density at radius 3 is 1.92 bits per heavy atom. The highest BCUT2D eigenvalue weighted by Crippen LogP contribution is 2.19. The molecule has 0 fully saturated rings. The van der Waals surface area contributed by atoms with Gasteiger partial charge in [0, 0.05) is 17.3 Å². The van der Waals surface area contributed by atoms with E-state index >= 15 is 0 Å². The zero-order valence-electron chi connectivity index (χ0n) is 13.4. The SMILES string of the molecule is Cl.NC(N)=N/N=C(/c1ccccc1)c1ccc(-c2ccccc2)cn1. The summed E-state index contributed by atoms with van der Waals surface area (Å²) in [7, 11) is 0. The number of rotatable bonds is 4. The predicted octanol–water partition coefficient (Wildman–Crippen LogP) is 3.20. The van der Waals surface area contributed by atoms with Crippen molar-refractivity contribution in [2.75, 3.05) is 0 Å². The van der Waals surface area contributed by atoms with Crippen LogP contribution in [0.25, 0.3) is 11.1 Å². The van der Waals surface area contributed by atoms with Crippen LogP contribution in [0.3, 0.4) is 0 Å². The minimum Gasteiger partial charge on any atom is -0.369 e. The number of nitrogens with two attached hydrogens (primary N) is 2. The summed E-state index contributed by atoms with van der Waals surface area (Å²) in [5.74, 6) is -0.0932. The average molecular weight is 352 g/mol. The molecule has 126 valence electrons. The molecule has 0 bridgehead atoms. The van der Waals surface area contributed by atoms with Gasteiger partial charge in [-0.1, -0.05) is 66.7 Å². The smallest absolute Gasteiger partial charge is 0.211 e. The molecule has 5 nitrogen and oxygen atoms in total. The topological polar surface area (TPSA) is 89.7 Å². The molecule has 3 rings (SSSR count). The van der Waals surface area contributed by atoms with E-state index in [4.69, 9.17) is 11.5 Å². The third-order valence-corrected chi connectivity index (χ3v) is 3.43. The van der Waals surface area contributed by atoms with E-state index in [0.29, 0.717) is 11.4 Å². The highest BCUT2D eigenvalue weighted by molar-refractivity contribution is 6.11. The fraction of sp³-hybridized carbons (Fsp3) is 0. The molecule has 0 saturated heterocycles. The van der Waals surface area contributed by atoms with Gasteiger partial charge in [0.05, 0.1) is 5.69 Å². The third kappa shape index (κ3) is 4.65. The Labute approximate surface area is 152 Å². The maximum atomic E-state index is 5.40. The zero-order chi connectivity index (χ0) is 16.8. The average Bonchev–Trinajstić information content (AvgIpc) is 2.64. The lowest BCUT2D eigenvalue weighted by Crippen LogP contribution is -2.22. The standard InChI is InChI=1S/C19H17N5.ClH/c20-19(21)24-23-18(15-9-5-2-6-10-15)17-12-11-16(13-22-17)14-7-3-1-4-8-14;/h1-13H,(H4,20,21,24);1H/b23-18-;. The van der Waals surface area contributed by atoms with Crippen LogP contribution >= 0.6 is 12.4 Å². The van der Waals surface area contributed by atoms with Gasteiger partial charge in [0.2, 0.25) is 5.96 Å². The molecular weight excluding hydrogens is 334 g/mol. The van der Waals surface area contributed by atoms with Crippen molar-refractivity contribution in [1.82, 2.24) is 4.98 Å². The lowest BCUT2D eigenvalue weighted by Gasteiger charge is -2.06. The van der Waals surface area contributed by atoms with Crippen molar-refractivity contribution in [3.63, 3.8) is 0 Å². The molecule has 4 N–H and O–H groups in total. The first-order valence-corrected chi connectivity index (χ1v) is 7.48. The highest BCUT2D eigenvalue weighted by Gasteiger charge is 2.09. The van der Waals surface area contributed by atoms with E-state index in [1.807, 2.05) is 79.0 Å². The van der Waals surface area contributed by atoms with Crippen LogP contribution in [0.4, 0.5) is 0 Å². The predicted molar refractivity (Wildman–Crippen MR) is 105 cm³/mol. The molecule has 6 heteroatoms. The second kappa shape index (κ2) is 8.61. The van der Waals surface area contributed by atoms with E-state index in [-0.39, 0.29) is 18.4 Å². The summed E-state index contributed by atoms with van der Waals surface area (Å²) in [5.41, 5.74) is 15.1. The van der Waals surface area contributed by atoms with E-state index in [2.05, 4.69) is 15.2 Å². The molecule has 0 amide bonds. The first-order valence-electron chi connectivity index (χ1n) is 7.48. The minimum absolute atomic E-state index is 0. The van der Waals surface area contributed by atoms with Gasteiger partial charge in [0.15, 0.2) is 0 Å². The fourth-order valence-corrected chi connectivity index (χ4v) is 2.30. The first kappa shape index (κ1) is 18.2. The first-order chi connectivity index (χ1) is 11.7. The molecule has 25 heavy (non-hydrogen) atoms. The van der Waals surface area contributed by atoms with Crippen molar-refractivity contribution in [1.29, 1.82) is 0 Å². The number of halogens is 1. The quantitative estimate of drug-likeness (QED) is 0.429. The normalized spacial score (nSPS) is 10.6. The monoisotopic (exact) mass is 351 g/mol. The summed E-state index contributed by atoms with van der Waals surface area (Å²) in [6.45, 7) is 0. The van der Waals surface area contributed by atoms with Gasteiger partial charge in [-0.15, -0.1) is 22.6 Å². The molecule has 0 aliphatic heterocycles. The van der Waals surface area contributed by atoms with Crippen LogP contribution in [0.2, 0.25) is 0 Å². The van der Waals surface area contributed by atoms with E-state index in [1.165, 1.54) is 0 Å². The van der Waals surface area contributed by atoms with Gasteiger partial charge in [-0.2, -0.15) is 0 Å². The maximum Gasteiger partial charge on any atom is 0.211 e. The van der Waals surface area contributed by atoms with Crippen LogP contribution in [0.15, 0.2) is 89.2 Å². The van der Waals surface area contributed by atoms with Crippen molar-refractivity contribution in [3.8, 4) is 11.1 Å². The minimum atomic E-state index is -0.0932. The molecule has 0 aliphatic carbocycles. The van der Waals surface area contributed by atoms with Gasteiger partial charge in [-0.25, -0.2) is 0 Å². The lowest BCUT2D eigenvalue weighted by molar-refractivity contribution is 1.18. The number of guanidine groups is 1. The number of pyridine rings is 1. The number of aromatic nitrogens is 1. The summed E-state index contributed by atoms with van der Waals surface area (Å²) in [6, 6.07) is 23.7. The summed E-state index contributed by atoms with van der Waals surface area (Å²) in [4.78, 5) is 4.53. The van der Waals surface area contributed by atoms with Gasteiger partial charge < -0.3 is 11.5 Å². The Morgan fingerprint density at radius 2 is 1.36 bits per heavy atom. The van der Waals surface area contributed by atoms with E-state index < -0.39 is 0 Å². The van der Waals surface area contributed by atoms with Crippen LogP contribution in [0.5, 0.6) is 0 Å². The fourth-order valence-electron chi connectivity index (χ4n) is 2.30. The largest absolute Gasteiger partial charge is 0.369 e. The molecule has 0 radical (unpaired) electrons. The highest BCUT2D eigenvalue weighted by atomic mass is 35.5.